The monoisotopic (exact) mass is 263 g/mol. The first-order chi connectivity index (χ1) is 9.17. The van der Waals surface area contributed by atoms with Gasteiger partial charge >= 0.3 is 0 Å². The zero-order chi connectivity index (χ0) is 13.7. The molecule has 0 aromatic carbocycles. The lowest BCUT2D eigenvalue weighted by Gasteiger charge is -2.12. The van der Waals surface area contributed by atoms with Crippen LogP contribution in [0.2, 0.25) is 0 Å². The molecule has 1 N–H and O–H groups in total. The number of nitrogens with one attached hydrogen (secondary N) is 1. The molecule has 0 amide bonds. The smallest absolute Gasteiger partial charge is 0.151 e. The minimum atomic E-state index is 0.721. The van der Waals surface area contributed by atoms with Gasteiger partial charge in [0.15, 0.2) is 5.76 Å². The van der Waals surface area contributed by atoms with Crippen molar-refractivity contribution in [3.8, 4) is 0 Å². The number of aromatic nitrogens is 1. The van der Waals surface area contributed by atoms with Crippen LogP contribution < -0.4 is 5.32 Å². The first-order valence-electron chi connectivity index (χ1n) is 6.56. The van der Waals surface area contributed by atoms with Crippen LogP contribution in [-0.2, 0) is 19.6 Å². The maximum atomic E-state index is 5.55. The van der Waals surface area contributed by atoms with E-state index in [4.69, 9.17) is 8.94 Å². The van der Waals surface area contributed by atoms with Gasteiger partial charge in [-0.2, -0.15) is 0 Å². The van der Waals surface area contributed by atoms with Gasteiger partial charge in [-0.15, -0.1) is 0 Å². The van der Waals surface area contributed by atoms with Gasteiger partial charge in [0.05, 0.1) is 18.8 Å². The second kappa shape index (κ2) is 6.54. The highest BCUT2D eigenvalue weighted by molar-refractivity contribution is 5.07. The van der Waals surface area contributed by atoms with Gasteiger partial charge in [-0.3, -0.25) is 4.90 Å². The van der Waals surface area contributed by atoms with E-state index in [-0.39, 0.29) is 0 Å². The molecule has 0 spiro atoms. The number of hydrogen-bond acceptors (Lipinski definition) is 5. The zero-order valence-electron chi connectivity index (χ0n) is 11.8. The number of aryl methyl sites for hydroxylation is 1. The molecule has 0 aliphatic rings. The molecule has 0 fully saturated rings. The van der Waals surface area contributed by atoms with Crippen molar-refractivity contribution in [1.29, 1.82) is 0 Å². The van der Waals surface area contributed by atoms with Crippen molar-refractivity contribution in [3.63, 3.8) is 0 Å². The molecule has 0 aliphatic heterocycles. The van der Waals surface area contributed by atoms with Gasteiger partial charge in [-0.05, 0) is 32.6 Å². The third-order valence-electron chi connectivity index (χ3n) is 2.81. The van der Waals surface area contributed by atoms with Crippen molar-refractivity contribution in [1.82, 2.24) is 15.4 Å². The molecule has 0 unspecified atom stereocenters. The summed E-state index contributed by atoms with van der Waals surface area (Å²) in [6.45, 7) is 7.18. The molecular formula is C14H21N3O2. The van der Waals surface area contributed by atoms with Crippen LogP contribution in [0.25, 0.3) is 0 Å². The molecule has 0 atom stereocenters. The number of rotatable bonds is 7. The molecule has 2 aromatic heterocycles. The molecule has 0 saturated heterocycles. The average molecular weight is 263 g/mol. The van der Waals surface area contributed by atoms with E-state index >= 15 is 0 Å². The summed E-state index contributed by atoms with van der Waals surface area (Å²) in [6.07, 6.45) is 0. The minimum absolute atomic E-state index is 0.721. The van der Waals surface area contributed by atoms with Crippen LogP contribution >= 0.6 is 0 Å². The summed E-state index contributed by atoms with van der Waals surface area (Å²) in [5.74, 6) is 2.78. The average Bonchev–Trinajstić information content (AvgIpc) is 2.96. The van der Waals surface area contributed by atoms with Gasteiger partial charge in [-0.25, -0.2) is 0 Å². The van der Waals surface area contributed by atoms with Gasteiger partial charge in [0.2, 0.25) is 0 Å². The van der Waals surface area contributed by atoms with Crippen LogP contribution in [0.15, 0.2) is 27.1 Å². The Morgan fingerprint density at radius 1 is 1.26 bits per heavy atom. The molecule has 0 saturated carbocycles. The lowest BCUT2D eigenvalue weighted by atomic mass is 10.3. The molecule has 2 aromatic rings. The van der Waals surface area contributed by atoms with Crippen molar-refractivity contribution in [2.75, 3.05) is 13.6 Å². The van der Waals surface area contributed by atoms with E-state index in [1.807, 2.05) is 32.2 Å². The fraction of sp³-hybridized carbons (Fsp3) is 0.500. The van der Waals surface area contributed by atoms with E-state index in [1.165, 1.54) is 0 Å². The third kappa shape index (κ3) is 4.22. The normalized spacial score (nSPS) is 11.4. The van der Waals surface area contributed by atoms with E-state index < -0.39 is 0 Å². The number of furan rings is 1. The number of nitrogens with zero attached hydrogens (tertiary/aromatic N) is 2. The van der Waals surface area contributed by atoms with Crippen LogP contribution in [0.3, 0.4) is 0 Å². The minimum Gasteiger partial charge on any atom is -0.465 e. The molecule has 2 rings (SSSR count). The largest absolute Gasteiger partial charge is 0.465 e. The molecule has 0 bridgehead atoms. The molecule has 19 heavy (non-hydrogen) atoms. The Morgan fingerprint density at radius 2 is 2.05 bits per heavy atom. The van der Waals surface area contributed by atoms with Crippen molar-refractivity contribution in [2.45, 2.75) is 33.5 Å². The summed E-state index contributed by atoms with van der Waals surface area (Å²) in [4.78, 5) is 2.13. The lowest BCUT2D eigenvalue weighted by Crippen LogP contribution is -2.16. The molecular weight excluding hydrogens is 242 g/mol. The van der Waals surface area contributed by atoms with Crippen molar-refractivity contribution >= 4 is 0 Å². The Bertz CT molecular complexity index is 504. The lowest BCUT2D eigenvalue weighted by molar-refractivity contribution is 0.247. The fourth-order valence-electron chi connectivity index (χ4n) is 1.92. The van der Waals surface area contributed by atoms with Crippen LogP contribution in [0.5, 0.6) is 0 Å². The van der Waals surface area contributed by atoms with Gasteiger partial charge in [-0.1, -0.05) is 12.1 Å². The van der Waals surface area contributed by atoms with E-state index in [0.29, 0.717) is 0 Å². The summed E-state index contributed by atoms with van der Waals surface area (Å²) in [5, 5.41) is 7.25. The Hall–Kier alpha value is -1.59. The highest BCUT2D eigenvalue weighted by Crippen LogP contribution is 2.12. The Labute approximate surface area is 113 Å². The predicted octanol–water partition coefficient (Wildman–Crippen LogP) is 2.32. The SMILES string of the molecule is CCNCc1cc(CN(C)Cc2ccc(C)o2)on1. The van der Waals surface area contributed by atoms with Crippen molar-refractivity contribution in [3.05, 3.63) is 41.2 Å². The Balaban J connectivity index is 1.84. The first kappa shape index (κ1) is 13.8. The Morgan fingerprint density at radius 3 is 2.74 bits per heavy atom. The maximum Gasteiger partial charge on any atom is 0.151 e. The van der Waals surface area contributed by atoms with Crippen LogP contribution in [0.1, 0.15) is 29.9 Å². The van der Waals surface area contributed by atoms with E-state index in [9.17, 15) is 0 Å². The van der Waals surface area contributed by atoms with Crippen molar-refractivity contribution < 1.29 is 8.94 Å². The van der Waals surface area contributed by atoms with Gasteiger partial charge in [0.25, 0.3) is 0 Å². The summed E-state index contributed by atoms with van der Waals surface area (Å²) in [7, 11) is 2.03. The summed E-state index contributed by atoms with van der Waals surface area (Å²) < 4.78 is 10.9. The summed E-state index contributed by atoms with van der Waals surface area (Å²) in [6, 6.07) is 5.97. The molecule has 5 heteroatoms. The second-order valence-corrected chi connectivity index (χ2v) is 4.75. The standard InChI is InChI=1S/C14H21N3O2/c1-4-15-8-12-7-14(19-16-12)10-17(3)9-13-6-5-11(2)18-13/h5-7,15H,4,8-10H2,1-3H3. The summed E-state index contributed by atoms with van der Waals surface area (Å²) >= 11 is 0. The van der Waals surface area contributed by atoms with Gasteiger partial charge < -0.3 is 14.3 Å². The van der Waals surface area contributed by atoms with E-state index in [2.05, 4.69) is 22.3 Å². The zero-order valence-corrected chi connectivity index (χ0v) is 11.8. The van der Waals surface area contributed by atoms with Crippen molar-refractivity contribution in [2.24, 2.45) is 0 Å². The molecule has 104 valence electrons. The molecule has 5 nitrogen and oxygen atoms in total. The molecule has 0 radical (unpaired) electrons. The fourth-order valence-corrected chi connectivity index (χ4v) is 1.92. The number of hydrogen-bond donors (Lipinski definition) is 1. The van der Waals surface area contributed by atoms with E-state index in [1.54, 1.807) is 0 Å². The van der Waals surface area contributed by atoms with E-state index in [0.717, 1.165) is 49.2 Å². The molecule has 0 aliphatic carbocycles. The predicted molar refractivity (Wildman–Crippen MR) is 72.5 cm³/mol. The highest BCUT2D eigenvalue weighted by Gasteiger charge is 2.09. The maximum absolute atomic E-state index is 5.55. The quantitative estimate of drug-likeness (QED) is 0.830. The van der Waals surface area contributed by atoms with Gasteiger partial charge in [0, 0.05) is 12.6 Å². The van der Waals surface area contributed by atoms with Crippen LogP contribution in [0.4, 0.5) is 0 Å². The molecule has 2 heterocycles. The Kier molecular flexibility index (Phi) is 4.76. The van der Waals surface area contributed by atoms with Crippen LogP contribution in [0, 0.1) is 6.92 Å². The first-order valence-corrected chi connectivity index (χ1v) is 6.56. The summed E-state index contributed by atoms with van der Waals surface area (Å²) in [5.41, 5.74) is 0.944. The highest BCUT2D eigenvalue weighted by atomic mass is 16.5. The second-order valence-electron chi connectivity index (χ2n) is 4.75. The third-order valence-corrected chi connectivity index (χ3v) is 2.81. The topological polar surface area (TPSA) is 54.4 Å². The van der Waals surface area contributed by atoms with Gasteiger partial charge in [0.1, 0.15) is 11.5 Å². The van der Waals surface area contributed by atoms with Crippen LogP contribution in [-0.4, -0.2) is 23.6 Å².